The van der Waals surface area contributed by atoms with Crippen molar-refractivity contribution < 1.29 is 4.74 Å². The zero-order chi connectivity index (χ0) is 14.9. The molecule has 21 heavy (non-hydrogen) atoms. The number of unbranched alkanes of at least 4 members (excludes halogenated alkanes) is 1. The molecular formula is C14H20N4O2S. The summed E-state index contributed by atoms with van der Waals surface area (Å²) in [5.41, 5.74) is 0.132. The second-order valence-corrected chi connectivity index (χ2v) is 5.52. The van der Waals surface area contributed by atoms with Crippen molar-refractivity contribution in [1.29, 1.82) is 0 Å². The number of ether oxygens (including phenoxy) is 1. The third-order valence-electron chi connectivity index (χ3n) is 2.85. The van der Waals surface area contributed by atoms with Crippen LogP contribution >= 0.6 is 11.3 Å². The summed E-state index contributed by atoms with van der Waals surface area (Å²) in [6, 6.07) is 3.73. The molecule has 0 aromatic carbocycles. The molecule has 0 unspecified atom stereocenters. The van der Waals surface area contributed by atoms with E-state index in [9.17, 15) is 4.79 Å². The van der Waals surface area contributed by atoms with Gasteiger partial charge in [0.2, 0.25) is 5.95 Å². The highest BCUT2D eigenvalue weighted by Gasteiger charge is 2.07. The third-order valence-corrected chi connectivity index (χ3v) is 3.73. The highest BCUT2D eigenvalue weighted by atomic mass is 32.1. The summed E-state index contributed by atoms with van der Waals surface area (Å²) in [7, 11) is 0. The maximum absolute atomic E-state index is 11.9. The Balaban J connectivity index is 1.77. The number of hydrogen-bond donors (Lipinski definition) is 2. The smallest absolute Gasteiger partial charge is 0.279 e. The van der Waals surface area contributed by atoms with E-state index < -0.39 is 0 Å². The lowest BCUT2D eigenvalue weighted by Crippen LogP contribution is -2.17. The topological polar surface area (TPSA) is 79.9 Å². The number of H-pyrrole nitrogens is 1. The fourth-order valence-electron chi connectivity index (χ4n) is 1.72. The number of nitrogens with one attached hydrogen (secondary N) is 2. The summed E-state index contributed by atoms with van der Waals surface area (Å²) in [6.45, 7) is 4.34. The summed E-state index contributed by atoms with van der Waals surface area (Å²) < 4.78 is 5.46. The van der Waals surface area contributed by atoms with Crippen LogP contribution in [-0.4, -0.2) is 34.9 Å². The van der Waals surface area contributed by atoms with Crippen LogP contribution in [0.4, 0.5) is 5.95 Å². The first-order chi connectivity index (χ1) is 10.3. The minimum atomic E-state index is -0.228. The fraction of sp³-hybridized carbons (Fsp3) is 0.500. The standard InChI is InChI=1S/C14H20N4O2S/c1-2-3-8-20-9-5-7-15-14-16-13(19)12(17-18-14)11-6-4-10-21-11/h4,6,10H,2-3,5,7-9H2,1H3,(H2,15,16,18,19). The lowest BCUT2D eigenvalue weighted by molar-refractivity contribution is 0.131. The minimum Gasteiger partial charge on any atom is -0.381 e. The molecule has 0 aliphatic heterocycles. The van der Waals surface area contributed by atoms with Gasteiger partial charge in [-0.05, 0) is 24.3 Å². The molecule has 0 saturated heterocycles. The zero-order valence-corrected chi connectivity index (χ0v) is 12.9. The third kappa shape index (κ3) is 4.95. The summed E-state index contributed by atoms with van der Waals surface area (Å²) in [5.74, 6) is 0.397. The van der Waals surface area contributed by atoms with E-state index in [0.717, 1.165) is 30.7 Å². The summed E-state index contributed by atoms with van der Waals surface area (Å²) in [4.78, 5) is 15.4. The highest BCUT2D eigenvalue weighted by molar-refractivity contribution is 7.13. The average molecular weight is 308 g/mol. The van der Waals surface area contributed by atoms with E-state index in [4.69, 9.17) is 4.74 Å². The van der Waals surface area contributed by atoms with Gasteiger partial charge in [0.25, 0.3) is 5.56 Å². The van der Waals surface area contributed by atoms with Crippen LogP contribution in [0.15, 0.2) is 22.3 Å². The number of nitrogens with zero attached hydrogens (tertiary/aromatic N) is 2. The molecule has 2 aromatic heterocycles. The van der Waals surface area contributed by atoms with Crippen LogP contribution in [0.5, 0.6) is 0 Å². The van der Waals surface area contributed by atoms with Gasteiger partial charge in [-0.2, -0.15) is 0 Å². The monoisotopic (exact) mass is 308 g/mol. The van der Waals surface area contributed by atoms with E-state index in [2.05, 4.69) is 27.4 Å². The van der Waals surface area contributed by atoms with Gasteiger partial charge in [-0.1, -0.05) is 19.4 Å². The summed E-state index contributed by atoms with van der Waals surface area (Å²) in [5, 5.41) is 12.9. The van der Waals surface area contributed by atoms with Crippen molar-refractivity contribution in [3.63, 3.8) is 0 Å². The maximum Gasteiger partial charge on any atom is 0.279 e. The fourth-order valence-corrected chi connectivity index (χ4v) is 2.43. The van der Waals surface area contributed by atoms with Crippen LogP contribution < -0.4 is 10.9 Å². The van der Waals surface area contributed by atoms with Gasteiger partial charge in [-0.25, -0.2) is 0 Å². The summed E-state index contributed by atoms with van der Waals surface area (Å²) >= 11 is 1.47. The molecule has 2 N–H and O–H groups in total. The molecule has 7 heteroatoms. The van der Waals surface area contributed by atoms with Crippen LogP contribution in [0.2, 0.25) is 0 Å². The van der Waals surface area contributed by atoms with E-state index in [-0.39, 0.29) is 5.56 Å². The van der Waals surface area contributed by atoms with Gasteiger partial charge in [0.1, 0.15) is 0 Å². The van der Waals surface area contributed by atoms with Crippen molar-refractivity contribution in [2.45, 2.75) is 26.2 Å². The Kier molecular flexibility index (Phi) is 6.36. The second-order valence-electron chi connectivity index (χ2n) is 4.57. The highest BCUT2D eigenvalue weighted by Crippen LogP contribution is 2.18. The molecule has 0 spiro atoms. The number of aromatic amines is 1. The van der Waals surface area contributed by atoms with E-state index in [1.54, 1.807) is 0 Å². The van der Waals surface area contributed by atoms with Gasteiger partial charge in [0.15, 0.2) is 5.69 Å². The first-order valence-electron chi connectivity index (χ1n) is 7.13. The molecule has 0 radical (unpaired) electrons. The largest absolute Gasteiger partial charge is 0.381 e. The minimum absolute atomic E-state index is 0.228. The van der Waals surface area contributed by atoms with Gasteiger partial charge in [-0.3, -0.25) is 9.78 Å². The molecule has 0 saturated carbocycles. The Bertz CT molecular complexity index is 583. The molecule has 0 atom stereocenters. The first-order valence-corrected chi connectivity index (χ1v) is 8.01. The molecule has 0 fully saturated rings. The van der Waals surface area contributed by atoms with Gasteiger partial charge >= 0.3 is 0 Å². The van der Waals surface area contributed by atoms with Crippen LogP contribution in [0.1, 0.15) is 26.2 Å². The summed E-state index contributed by atoms with van der Waals surface area (Å²) in [6.07, 6.45) is 3.10. The quantitative estimate of drug-likeness (QED) is 0.696. The Morgan fingerprint density at radius 1 is 1.33 bits per heavy atom. The second kappa shape index (κ2) is 8.53. The lowest BCUT2D eigenvalue weighted by Gasteiger charge is -2.05. The van der Waals surface area contributed by atoms with Crippen molar-refractivity contribution >= 4 is 17.3 Å². The van der Waals surface area contributed by atoms with Crippen molar-refractivity contribution in [2.75, 3.05) is 25.1 Å². The molecule has 0 amide bonds. The Morgan fingerprint density at radius 2 is 2.19 bits per heavy atom. The number of rotatable bonds is 9. The number of aromatic nitrogens is 3. The predicted octanol–water partition coefficient (Wildman–Crippen LogP) is 2.51. The molecular weight excluding hydrogens is 288 g/mol. The van der Waals surface area contributed by atoms with E-state index in [0.29, 0.717) is 24.8 Å². The molecule has 0 aliphatic carbocycles. The molecule has 0 aliphatic rings. The average Bonchev–Trinajstić information content (AvgIpc) is 3.00. The van der Waals surface area contributed by atoms with Gasteiger partial charge < -0.3 is 10.1 Å². The molecule has 2 aromatic rings. The first kappa shape index (κ1) is 15.7. The normalized spacial score (nSPS) is 10.7. The maximum atomic E-state index is 11.9. The van der Waals surface area contributed by atoms with Crippen LogP contribution in [-0.2, 0) is 4.74 Å². The van der Waals surface area contributed by atoms with Crippen molar-refractivity contribution in [1.82, 2.24) is 15.2 Å². The molecule has 2 rings (SSSR count). The zero-order valence-electron chi connectivity index (χ0n) is 12.1. The van der Waals surface area contributed by atoms with E-state index in [1.807, 2.05) is 17.5 Å². The van der Waals surface area contributed by atoms with Gasteiger partial charge in [-0.15, -0.1) is 21.5 Å². The molecule has 6 nitrogen and oxygen atoms in total. The predicted molar refractivity (Wildman–Crippen MR) is 84.8 cm³/mol. The number of hydrogen-bond acceptors (Lipinski definition) is 6. The van der Waals surface area contributed by atoms with Crippen molar-refractivity contribution in [3.8, 4) is 10.6 Å². The Labute approximate surface area is 127 Å². The Hall–Kier alpha value is -1.73. The Morgan fingerprint density at radius 3 is 2.90 bits per heavy atom. The SMILES string of the molecule is CCCCOCCCNc1nnc(-c2cccs2)c(=O)[nH]1. The van der Waals surface area contributed by atoms with E-state index >= 15 is 0 Å². The van der Waals surface area contributed by atoms with Crippen molar-refractivity contribution in [2.24, 2.45) is 0 Å². The van der Waals surface area contributed by atoms with Gasteiger partial charge in [0, 0.05) is 19.8 Å². The van der Waals surface area contributed by atoms with Gasteiger partial charge in [0.05, 0.1) is 4.88 Å². The number of thiophene rings is 1. The molecule has 2 heterocycles. The number of anilines is 1. The van der Waals surface area contributed by atoms with E-state index in [1.165, 1.54) is 11.3 Å². The van der Waals surface area contributed by atoms with Crippen LogP contribution in [0.25, 0.3) is 10.6 Å². The molecule has 0 bridgehead atoms. The van der Waals surface area contributed by atoms with Crippen LogP contribution in [0.3, 0.4) is 0 Å². The molecule has 114 valence electrons. The van der Waals surface area contributed by atoms with Crippen molar-refractivity contribution in [3.05, 3.63) is 27.9 Å². The van der Waals surface area contributed by atoms with Crippen LogP contribution in [0, 0.1) is 0 Å². The lowest BCUT2D eigenvalue weighted by atomic mass is 10.3.